The van der Waals surface area contributed by atoms with Gasteiger partial charge in [0.1, 0.15) is 5.69 Å². The summed E-state index contributed by atoms with van der Waals surface area (Å²) >= 11 is 1.85. The van der Waals surface area contributed by atoms with Gasteiger partial charge in [-0.05, 0) is 30.9 Å². The van der Waals surface area contributed by atoms with E-state index in [1.807, 2.05) is 11.8 Å². The minimum atomic E-state index is 0.195. The van der Waals surface area contributed by atoms with Gasteiger partial charge in [0.05, 0.1) is 13.2 Å². The summed E-state index contributed by atoms with van der Waals surface area (Å²) in [6.45, 7) is 5.37. The molecule has 0 aliphatic rings. The van der Waals surface area contributed by atoms with E-state index in [0.717, 1.165) is 24.4 Å². The van der Waals surface area contributed by atoms with Crippen LogP contribution >= 0.6 is 11.8 Å². The Bertz CT molecular complexity index is 349. The summed E-state index contributed by atoms with van der Waals surface area (Å²) in [5.74, 6) is 2.19. The monoisotopic (exact) mass is 269 g/mol. The van der Waals surface area contributed by atoms with Crippen LogP contribution in [0.5, 0.6) is 5.88 Å². The van der Waals surface area contributed by atoms with Crippen LogP contribution in [-0.2, 0) is 0 Å². The predicted molar refractivity (Wildman–Crippen MR) is 77.2 cm³/mol. The topological polar surface area (TPSA) is 47.0 Å². The number of nitrogens with one attached hydrogen (secondary N) is 1. The maximum absolute atomic E-state index is 5.31. The minimum absolute atomic E-state index is 0.195. The second-order valence-electron chi connectivity index (χ2n) is 4.32. The third-order valence-electron chi connectivity index (χ3n) is 2.79. The normalized spacial score (nSPS) is 14.2. The lowest BCUT2D eigenvalue weighted by Crippen LogP contribution is -2.30. The molecule has 0 spiro atoms. The van der Waals surface area contributed by atoms with E-state index >= 15 is 0 Å². The summed E-state index contributed by atoms with van der Waals surface area (Å²) in [7, 11) is 1.64. The van der Waals surface area contributed by atoms with Gasteiger partial charge in [0, 0.05) is 12.4 Å². The van der Waals surface area contributed by atoms with E-state index in [1.54, 1.807) is 19.5 Å². The molecule has 18 heavy (non-hydrogen) atoms. The molecular formula is C13H23N3OS. The second kappa shape index (κ2) is 8.32. The van der Waals surface area contributed by atoms with Crippen molar-refractivity contribution in [3.05, 3.63) is 18.1 Å². The first-order valence-corrected chi connectivity index (χ1v) is 7.71. The molecule has 0 amide bonds. The largest absolute Gasteiger partial charge is 0.480 e. The van der Waals surface area contributed by atoms with E-state index < -0.39 is 0 Å². The van der Waals surface area contributed by atoms with Crippen LogP contribution in [0.1, 0.15) is 32.0 Å². The number of ether oxygens (including phenoxy) is 1. The number of nitrogens with zero attached hydrogens (tertiary/aromatic N) is 2. The van der Waals surface area contributed by atoms with Gasteiger partial charge in [-0.25, -0.2) is 4.98 Å². The van der Waals surface area contributed by atoms with Crippen molar-refractivity contribution in [3.8, 4) is 5.88 Å². The second-order valence-corrected chi connectivity index (χ2v) is 5.23. The van der Waals surface area contributed by atoms with Gasteiger partial charge in [-0.2, -0.15) is 11.8 Å². The average molecular weight is 269 g/mol. The van der Waals surface area contributed by atoms with Crippen LogP contribution in [0.2, 0.25) is 0 Å². The molecule has 0 fully saturated rings. The zero-order valence-electron chi connectivity index (χ0n) is 11.6. The van der Waals surface area contributed by atoms with Crippen molar-refractivity contribution < 1.29 is 4.74 Å². The molecule has 1 aromatic rings. The first kappa shape index (κ1) is 15.2. The van der Waals surface area contributed by atoms with Crippen LogP contribution in [0.25, 0.3) is 0 Å². The van der Waals surface area contributed by atoms with E-state index in [-0.39, 0.29) is 6.04 Å². The van der Waals surface area contributed by atoms with Crippen molar-refractivity contribution in [1.29, 1.82) is 0 Å². The lowest BCUT2D eigenvalue weighted by Gasteiger charge is -2.25. The quantitative estimate of drug-likeness (QED) is 0.786. The molecule has 0 saturated carbocycles. The molecule has 0 aliphatic heterocycles. The minimum Gasteiger partial charge on any atom is -0.480 e. The first-order chi connectivity index (χ1) is 8.74. The van der Waals surface area contributed by atoms with Gasteiger partial charge in [-0.1, -0.05) is 13.8 Å². The van der Waals surface area contributed by atoms with Gasteiger partial charge in [-0.15, -0.1) is 0 Å². The molecule has 2 atom stereocenters. The smallest absolute Gasteiger partial charge is 0.237 e. The van der Waals surface area contributed by atoms with Crippen LogP contribution in [0.3, 0.4) is 0 Å². The predicted octanol–water partition coefficient (Wildman–Crippen LogP) is 2.53. The Morgan fingerprint density at radius 1 is 1.39 bits per heavy atom. The van der Waals surface area contributed by atoms with E-state index in [1.165, 1.54) is 0 Å². The Hall–Kier alpha value is -0.810. The molecule has 1 heterocycles. The van der Waals surface area contributed by atoms with Gasteiger partial charge in [-0.3, -0.25) is 4.98 Å². The average Bonchev–Trinajstić information content (AvgIpc) is 2.40. The van der Waals surface area contributed by atoms with Crippen molar-refractivity contribution >= 4 is 11.8 Å². The van der Waals surface area contributed by atoms with E-state index in [4.69, 9.17) is 4.74 Å². The van der Waals surface area contributed by atoms with E-state index in [2.05, 4.69) is 35.4 Å². The maximum atomic E-state index is 5.31. The zero-order valence-corrected chi connectivity index (χ0v) is 12.5. The number of rotatable bonds is 8. The highest BCUT2D eigenvalue weighted by atomic mass is 32.2. The fourth-order valence-electron chi connectivity index (χ4n) is 1.93. The van der Waals surface area contributed by atoms with E-state index in [9.17, 15) is 0 Å². The maximum Gasteiger partial charge on any atom is 0.237 e. The summed E-state index contributed by atoms with van der Waals surface area (Å²) in [5.41, 5.74) is 0.912. The summed E-state index contributed by atoms with van der Waals surface area (Å²) in [5, 5.41) is 3.55. The SMILES string of the molecule is CCCNC(c1nccnc1OC)C(C)CSC. The zero-order chi connectivity index (χ0) is 13.4. The van der Waals surface area contributed by atoms with Crippen LogP contribution in [0.15, 0.2) is 12.4 Å². The molecule has 0 aliphatic carbocycles. The molecular weight excluding hydrogens is 246 g/mol. The van der Waals surface area contributed by atoms with Gasteiger partial charge < -0.3 is 10.1 Å². The summed E-state index contributed by atoms with van der Waals surface area (Å²) in [6.07, 6.45) is 6.62. The molecule has 5 heteroatoms. The molecule has 1 aromatic heterocycles. The fraction of sp³-hybridized carbons (Fsp3) is 0.692. The highest BCUT2D eigenvalue weighted by Crippen LogP contribution is 2.28. The van der Waals surface area contributed by atoms with Crippen molar-refractivity contribution in [2.24, 2.45) is 5.92 Å². The number of thioether (sulfide) groups is 1. The van der Waals surface area contributed by atoms with Crippen molar-refractivity contribution in [3.63, 3.8) is 0 Å². The van der Waals surface area contributed by atoms with Crippen LogP contribution in [-0.4, -0.2) is 35.6 Å². The lowest BCUT2D eigenvalue weighted by atomic mass is 10.0. The Kier molecular flexibility index (Phi) is 7.05. The van der Waals surface area contributed by atoms with Gasteiger partial charge in [0.15, 0.2) is 0 Å². The number of hydrogen-bond donors (Lipinski definition) is 1. The third-order valence-corrected chi connectivity index (χ3v) is 3.65. The Morgan fingerprint density at radius 3 is 2.72 bits per heavy atom. The first-order valence-electron chi connectivity index (χ1n) is 6.31. The Morgan fingerprint density at radius 2 is 2.11 bits per heavy atom. The van der Waals surface area contributed by atoms with Crippen molar-refractivity contribution in [2.45, 2.75) is 26.3 Å². The third kappa shape index (κ3) is 4.14. The van der Waals surface area contributed by atoms with Crippen LogP contribution < -0.4 is 10.1 Å². The number of aromatic nitrogens is 2. The van der Waals surface area contributed by atoms with Gasteiger partial charge in [0.25, 0.3) is 0 Å². The van der Waals surface area contributed by atoms with Crippen molar-refractivity contribution in [1.82, 2.24) is 15.3 Å². The lowest BCUT2D eigenvalue weighted by molar-refractivity contribution is 0.353. The molecule has 0 radical (unpaired) electrons. The highest BCUT2D eigenvalue weighted by Gasteiger charge is 2.23. The molecule has 1 N–H and O–H groups in total. The molecule has 2 unspecified atom stereocenters. The summed E-state index contributed by atoms with van der Waals surface area (Å²) in [4.78, 5) is 8.68. The molecule has 4 nitrogen and oxygen atoms in total. The Labute approximate surface area is 114 Å². The Balaban J connectivity index is 2.92. The molecule has 0 saturated heterocycles. The molecule has 1 rings (SSSR count). The van der Waals surface area contributed by atoms with Gasteiger partial charge in [0.2, 0.25) is 5.88 Å². The molecule has 0 bridgehead atoms. The summed E-state index contributed by atoms with van der Waals surface area (Å²) < 4.78 is 5.31. The van der Waals surface area contributed by atoms with Crippen molar-refractivity contribution in [2.75, 3.05) is 25.7 Å². The number of hydrogen-bond acceptors (Lipinski definition) is 5. The summed E-state index contributed by atoms with van der Waals surface area (Å²) in [6, 6.07) is 0.195. The van der Waals surface area contributed by atoms with Crippen LogP contribution in [0.4, 0.5) is 0 Å². The molecule has 102 valence electrons. The van der Waals surface area contributed by atoms with Gasteiger partial charge >= 0.3 is 0 Å². The highest BCUT2D eigenvalue weighted by molar-refractivity contribution is 7.98. The van der Waals surface area contributed by atoms with Crippen LogP contribution in [0, 0.1) is 5.92 Å². The van der Waals surface area contributed by atoms with E-state index in [0.29, 0.717) is 11.8 Å². The standard InChI is InChI=1S/C13H23N3OS/c1-5-6-14-11(10(2)9-18-4)12-13(17-3)16-8-7-15-12/h7-8,10-11,14H,5-6,9H2,1-4H3. The molecule has 0 aromatic carbocycles. The fourth-order valence-corrected chi connectivity index (χ4v) is 2.65. The number of methoxy groups -OCH3 is 1.